The number of amides is 3. The minimum Gasteiger partial charge on any atom is -0.466 e. The topological polar surface area (TPSA) is 182 Å². The summed E-state index contributed by atoms with van der Waals surface area (Å²) in [6, 6.07) is 5.75. The number of hydrogen-bond acceptors (Lipinski definition) is 11. The monoisotopic (exact) mass is 716 g/mol. The van der Waals surface area contributed by atoms with Gasteiger partial charge in [0.05, 0.1) is 25.9 Å². The van der Waals surface area contributed by atoms with Gasteiger partial charge in [-0.15, -0.1) is 0 Å². The van der Waals surface area contributed by atoms with Crippen LogP contribution in [0.25, 0.3) is 0 Å². The Morgan fingerprint density at radius 3 is 2.39 bits per heavy atom. The molecule has 1 aromatic carbocycles. The molecule has 3 aliphatic rings. The van der Waals surface area contributed by atoms with Crippen LogP contribution in [0.4, 0.5) is 4.79 Å². The van der Waals surface area contributed by atoms with E-state index in [1.54, 1.807) is 20.8 Å². The number of aliphatic hydroxyl groups is 1. The van der Waals surface area contributed by atoms with Crippen molar-refractivity contribution < 1.29 is 48.0 Å². The molecule has 0 spiro atoms. The number of esters is 2. The highest BCUT2D eigenvalue weighted by Gasteiger charge is 2.36. The normalized spacial score (nSPS) is 25.7. The standard InChI is InChI=1S/C37H56N4O10/c1-37(2,3)51-36(47)40-30(23-26-12-8-5-9-13-26)34(45)38-28-16-19-49-31(42)15-14-27(24-41-17-20-48-21-18-41)50-35(46)32(43)29(39-33(28)44)22-25-10-6-4-7-11-25/h5,8-9,12-13,25,27-30,32,43H,4,6-7,10-11,14-24H2,1-3H3,(H,38,45)(H,39,44)(H,40,47)/t27?,28-,29-,30-,32+/m0/s1. The number of nitrogens with zero attached hydrogens (tertiary/aromatic N) is 1. The van der Waals surface area contributed by atoms with Crippen LogP contribution in [-0.2, 0) is 44.5 Å². The van der Waals surface area contributed by atoms with Crippen molar-refractivity contribution >= 4 is 29.8 Å². The smallest absolute Gasteiger partial charge is 0.408 e. The zero-order chi connectivity index (χ0) is 36.8. The third-order valence-electron chi connectivity index (χ3n) is 9.37. The van der Waals surface area contributed by atoms with E-state index in [2.05, 4.69) is 20.9 Å². The molecule has 3 fully saturated rings. The van der Waals surface area contributed by atoms with E-state index in [4.69, 9.17) is 18.9 Å². The van der Waals surface area contributed by atoms with Gasteiger partial charge in [-0.3, -0.25) is 19.3 Å². The van der Waals surface area contributed by atoms with Gasteiger partial charge in [0.15, 0.2) is 6.10 Å². The minimum atomic E-state index is -1.67. The second-order valence-electron chi connectivity index (χ2n) is 14.8. The van der Waals surface area contributed by atoms with Crippen LogP contribution in [0, 0.1) is 5.92 Å². The fourth-order valence-corrected chi connectivity index (χ4v) is 6.68. The number of aliphatic hydroxyl groups excluding tert-OH is 1. The van der Waals surface area contributed by atoms with Crippen molar-refractivity contribution in [2.75, 3.05) is 39.5 Å². The lowest BCUT2D eigenvalue weighted by atomic mass is 9.83. The maximum atomic E-state index is 14.0. The number of alkyl carbamates (subject to hydrolysis) is 1. The Morgan fingerprint density at radius 1 is 1.00 bits per heavy atom. The van der Waals surface area contributed by atoms with E-state index in [1.165, 1.54) is 0 Å². The molecule has 1 aromatic rings. The number of carbonyl (C=O) groups is 5. The molecule has 4 N–H and O–H groups in total. The lowest BCUT2D eigenvalue weighted by Gasteiger charge is -2.33. The van der Waals surface area contributed by atoms with Gasteiger partial charge in [-0.1, -0.05) is 62.4 Å². The maximum absolute atomic E-state index is 14.0. The highest BCUT2D eigenvalue weighted by molar-refractivity contribution is 5.92. The van der Waals surface area contributed by atoms with Gasteiger partial charge in [0.1, 0.15) is 23.8 Å². The first-order valence-corrected chi connectivity index (χ1v) is 18.3. The van der Waals surface area contributed by atoms with Gasteiger partial charge in [0, 0.05) is 38.9 Å². The van der Waals surface area contributed by atoms with Crippen molar-refractivity contribution in [2.24, 2.45) is 5.92 Å². The van der Waals surface area contributed by atoms with E-state index in [0.717, 1.165) is 37.7 Å². The van der Waals surface area contributed by atoms with Crippen molar-refractivity contribution in [3.63, 3.8) is 0 Å². The number of ether oxygens (including phenoxy) is 4. The molecule has 3 amide bonds. The van der Waals surface area contributed by atoms with Crippen molar-refractivity contribution in [3.8, 4) is 0 Å². The number of morpholine rings is 1. The molecule has 51 heavy (non-hydrogen) atoms. The molecule has 1 saturated carbocycles. The van der Waals surface area contributed by atoms with E-state index in [-0.39, 0.29) is 38.2 Å². The average Bonchev–Trinajstić information content (AvgIpc) is 3.09. The lowest BCUT2D eigenvalue weighted by Crippen LogP contribution is -2.58. The van der Waals surface area contributed by atoms with Crippen molar-refractivity contribution in [1.29, 1.82) is 0 Å². The quantitative estimate of drug-likeness (QED) is 0.218. The summed E-state index contributed by atoms with van der Waals surface area (Å²) in [4.78, 5) is 68.9. The SMILES string of the molecule is CC(C)(C)OC(=O)N[C@@H](Cc1ccccc1)C(=O)N[C@H]1CCOC(=O)CCC(CN2CCOCC2)OC(=O)[C@H](O)[C@H](CC2CCCCC2)NC1=O. The van der Waals surface area contributed by atoms with Gasteiger partial charge >= 0.3 is 18.0 Å². The number of cyclic esters (lactones) is 2. The molecule has 1 unspecified atom stereocenters. The zero-order valence-corrected chi connectivity index (χ0v) is 30.2. The molecule has 284 valence electrons. The highest BCUT2D eigenvalue weighted by Crippen LogP contribution is 2.28. The number of nitrogens with one attached hydrogen (secondary N) is 3. The highest BCUT2D eigenvalue weighted by atomic mass is 16.6. The van der Waals surface area contributed by atoms with Crippen molar-refractivity contribution in [3.05, 3.63) is 35.9 Å². The molecule has 0 bridgehead atoms. The first-order valence-electron chi connectivity index (χ1n) is 18.3. The molecule has 14 heteroatoms. The molecule has 14 nitrogen and oxygen atoms in total. The van der Waals surface area contributed by atoms with E-state index >= 15 is 0 Å². The number of rotatable bonds is 9. The Balaban J connectivity index is 1.54. The zero-order valence-electron chi connectivity index (χ0n) is 30.2. The fraction of sp³-hybridized carbons (Fsp3) is 0.703. The molecule has 2 saturated heterocycles. The molecule has 4 rings (SSSR count). The van der Waals surface area contributed by atoms with Crippen molar-refractivity contribution in [1.82, 2.24) is 20.9 Å². The average molecular weight is 717 g/mol. The Hall–Kier alpha value is -3.75. The van der Waals surface area contributed by atoms with Crippen LogP contribution in [-0.4, -0.2) is 115 Å². The summed E-state index contributed by atoms with van der Waals surface area (Å²) in [7, 11) is 0. The van der Waals surface area contributed by atoms with Gasteiger partial charge in [0.2, 0.25) is 11.8 Å². The van der Waals surface area contributed by atoms with Crippen LogP contribution in [0.15, 0.2) is 30.3 Å². The van der Waals surface area contributed by atoms with Crippen LogP contribution < -0.4 is 16.0 Å². The van der Waals surface area contributed by atoms with E-state index < -0.39 is 65.8 Å². The first kappa shape index (κ1) is 40.0. The fourth-order valence-electron chi connectivity index (χ4n) is 6.68. The van der Waals surface area contributed by atoms with Gasteiger partial charge in [-0.2, -0.15) is 0 Å². The largest absolute Gasteiger partial charge is 0.466 e. The van der Waals surface area contributed by atoms with E-state index in [0.29, 0.717) is 39.3 Å². The maximum Gasteiger partial charge on any atom is 0.408 e. The second-order valence-corrected chi connectivity index (χ2v) is 14.8. The molecule has 0 radical (unpaired) electrons. The van der Waals surface area contributed by atoms with Gasteiger partial charge in [0.25, 0.3) is 0 Å². The Kier molecular flexibility index (Phi) is 15.5. The van der Waals surface area contributed by atoms with Crippen LogP contribution in [0.5, 0.6) is 0 Å². The summed E-state index contributed by atoms with van der Waals surface area (Å²) in [5.74, 6) is -2.58. The van der Waals surface area contributed by atoms with E-state index in [9.17, 15) is 29.1 Å². The summed E-state index contributed by atoms with van der Waals surface area (Å²) >= 11 is 0. The summed E-state index contributed by atoms with van der Waals surface area (Å²) in [6.45, 7) is 7.69. The predicted molar refractivity (Wildman–Crippen MR) is 186 cm³/mol. The molecular weight excluding hydrogens is 660 g/mol. The summed E-state index contributed by atoms with van der Waals surface area (Å²) < 4.78 is 22.1. The summed E-state index contributed by atoms with van der Waals surface area (Å²) in [6.07, 6.45) is 2.31. The number of hydrogen-bond donors (Lipinski definition) is 4. The molecule has 5 atom stereocenters. The second kappa shape index (κ2) is 19.7. The molecule has 2 aliphatic heterocycles. The molecule has 0 aromatic heterocycles. The predicted octanol–water partition coefficient (Wildman–Crippen LogP) is 2.39. The lowest BCUT2D eigenvalue weighted by molar-refractivity contribution is -0.164. The molecule has 1 aliphatic carbocycles. The van der Waals surface area contributed by atoms with Gasteiger partial charge < -0.3 is 40.0 Å². The Bertz CT molecular complexity index is 1290. The summed E-state index contributed by atoms with van der Waals surface area (Å²) in [5.41, 5.74) is -0.0517. The third kappa shape index (κ3) is 14.1. The van der Waals surface area contributed by atoms with Crippen molar-refractivity contribution in [2.45, 2.75) is 121 Å². The Labute approximate surface area is 300 Å². The van der Waals surface area contributed by atoms with Gasteiger partial charge in [-0.25, -0.2) is 9.59 Å². The van der Waals surface area contributed by atoms with E-state index in [1.807, 2.05) is 30.3 Å². The Morgan fingerprint density at radius 2 is 1.71 bits per heavy atom. The van der Waals surface area contributed by atoms with Gasteiger partial charge in [-0.05, 0) is 45.1 Å². The van der Waals surface area contributed by atoms with Crippen LogP contribution in [0.1, 0.15) is 84.1 Å². The van der Waals surface area contributed by atoms with Crippen LogP contribution in [0.2, 0.25) is 0 Å². The minimum absolute atomic E-state index is 0.0495. The summed E-state index contributed by atoms with van der Waals surface area (Å²) in [5, 5.41) is 19.6. The van der Waals surface area contributed by atoms with Crippen LogP contribution >= 0.6 is 0 Å². The van der Waals surface area contributed by atoms with Crippen LogP contribution in [0.3, 0.4) is 0 Å². The number of carbonyl (C=O) groups excluding carboxylic acids is 5. The third-order valence-corrected chi connectivity index (χ3v) is 9.37. The number of benzene rings is 1. The molecular formula is C37H56N4O10. The first-order chi connectivity index (χ1) is 24.4. The molecule has 2 heterocycles.